The van der Waals surface area contributed by atoms with Gasteiger partial charge in [-0.2, -0.15) is 8.42 Å². The largest absolute Gasteiger partial charge is 1.00 e. The number of hydrogen-bond acceptors (Lipinski definition) is 8. The zero-order valence-corrected chi connectivity index (χ0v) is 26.0. The van der Waals surface area contributed by atoms with E-state index in [0.717, 1.165) is 16.7 Å². The molecule has 0 atom stereocenters. The monoisotopic (exact) mass is 604 g/mol. The number of ether oxygens (including phenoxy) is 4. The number of azide groups is 1. The van der Waals surface area contributed by atoms with Gasteiger partial charge < -0.3 is 30.0 Å². The molecular formula is C27H29N6NaO7S. The van der Waals surface area contributed by atoms with E-state index in [4.69, 9.17) is 39.7 Å². The average Bonchev–Trinajstić information content (AvgIpc) is 3.00. The van der Waals surface area contributed by atoms with E-state index >= 15 is 0 Å². The van der Waals surface area contributed by atoms with Crippen LogP contribution in [0.2, 0.25) is 0 Å². The average molecular weight is 605 g/mol. The van der Waals surface area contributed by atoms with Gasteiger partial charge in [-0.25, -0.2) is 0 Å². The predicted octanol–water partition coefficient (Wildman–Crippen LogP) is 3.10. The summed E-state index contributed by atoms with van der Waals surface area (Å²) in [5.74, 6) is 0. The minimum atomic E-state index is -3.82. The summed E-state index contributed by atoms with van der Waals surface area (Å²) in [4.78, 5) is 4.35. The molecule has 0 aromatic heterocycles. The maximum absolute atomic E-state index is 12.2. The van der Waals surface area contributed by atoms with Crippen LogP contribution < -0.4 is 29.6 Å². The van der Waals surface area contributed by atoms with Gasteiger partial charge in [0, 0.05) is 16.0 Å². The fourth-order valence-electron chi connectivity index (χ4n) is 3.72. The summed E-state index contributed by atoms with van der Waals surface area (Å²) in [6.07, 6.45) is -1.48. The van der Waals surface area contributed by atoms with Crippen LogP contribution >= 0.6 is 0 Å². The predicted molar refractivity (Wildman–Crippen MR) is 148 cm³/mol. The maximum Gasteiger partial charge on any atom is 1.00 e. The minimum absolute atomic E-state index is 0. The molecule has 2 aliphatic rings. The molecule has 42 heavy (non-hydrogen) atoms. The Hall–Kier alpha value is -2.97. The summed E-state index contributed by atoms with van der Waals surface area (Å²) in [5.41, 5.74) is 24.6. The van der Waals surface area contributed by atoms with Crippen LogP contribution in [0.5, 0.6) is 0 Å². The van der Waals surface area contributed by atoms with Crippen molar-refractivity contribution in [3.63, 3.8) is 0 Å². The molecule has 0 N–H and O–H groups in total. The second kappa shape index (κ2) is 18.5. The molecule has 0 unspecified atom stereocenters. The Morgan fingerprint density at radius 1 is 0.738 bits per heavy atom. The Morgan fingerprint density at radius 3 is 1.60 bits per heavy atom. The minimum Gasteiger partial charge on any atom is -0.373 e. The van der Waals surface area contributed by atoms with E-state index < -0.39 is 22.5 Å². The molecule has 216 valence electrons. The fourth-order valence-corrected chi connectivity index (χ4v) is 4.77. The van der Waals surface area contributed by atoms with Crippen LogP contribution in [0, 0.1) is 6.92 Å². The first-order valence-corrected chi connectivity index (χ1v) is 13.9. The molecular weight excluding hydrogens is 575 g/mol. The van der Waals surface area contributed by atoms with Crippen molar-refractivity contribution < 1.29 is 61.1 Å². The first-order valence-electron chi connectivity index (χ1n) is 12.4. The number of aryl methyl sites for hydroxylation is 1. The van der Waals surface area contributed by atoms with Gasteiger partial charge in [0.25, 0.3) is 10.1 Å². The molecule has 0 amide bonds. The van der Waals surface area contributed by atoms with E-state index in [1.807, 2.05) is 67.6 Å². The maximum atomic E-state index is 12.2. The van der Waals surface area contributed by atoms with Gasteiger partial charge in [-0.05, 0) is 24.6 Å². The smallest absolute Gasteiger partial charge is 0.373 e. The normalized spacial score (nSPS) is 21.4. The number of rotatable bonds is 6. The summed E-state index contributed by atoms with van der Waals surface area (Å²) in [6, 6.07) is 25.5. The first kappa shape index (κ1) is 35.2. The van der Waals surface area contributed by atoms with Crippen LogP contribution in [0.15, 0.2) is 94.9 Å². The van der Waals surface area contributed by atoms with E-state index in [-0.39, 0.29) is 60.0 Å². The van der Waals surface area contributed by atoms with E-state index in [0.29, 0.717) is 13.2 Å². The molecule has 15 heteroatoms. The van der Waals surface area contributed by atoms with E-state index in [1.165, 1.54) is 17.0 Å². The van der Waals surface area contributed by atoms with Crippen molar-refractivity contribution in [3.05, 3.63) is 128 Å². The molecule has 2 saturated heterocycles. The molecule has 3 aromatic carbocycles. The van der Waals surface area contributed by atoms with Gasteiger partial charge >= 0.3 is 29.6 Å². The Bertz CT molecular complexity index is 1390. The number of benzene rings is 3. The summed E-state index contributed by atoms with van der Waals surface area (Å²) in [6.45, 7) is 3.02. The van der Waals surface area contributed by atoms with Crippen LogP contribution in [0.3, 0.4) is 0 Å². The van der Waals surface area contributed by atoms with Crippen molar-refractivity contribution in [1.29, 1.82) is 0 Å². The summed E-state index contributed by atoms with van der Waals surface area (Å²) < 4.78 is 51.7. The van der Waals surface area contributed by atoms with Crippen molar-refractivity contribution in [2.24, 2.45) is 5.11 Å². The standard InChI is InChI=1S/C17H18O5S.C10H11N3O2.N3.Na/c1-13-7-9-16(10-8-13)23(18,19)22-15-11-20-17(21-12-15)14-5-3-2-4-6-14;11-13-12-9-6-14-10(15-7-9)8-4-2-1-3-5-8;1-3-2;/h2-10,15,17H,11-12H2,1H3;1-5,9-10H,6-7H2;;/q;;-1;+1. The first-order chi connectivity index (χ1) is 19.9. The van der Waals surface area contributed by atoms with Crippen molar-refractivity contribution >= 4 is 10.1 Å². The van der Waals surface area contributed by atoms with Gasteiger partial charge in [-0.15, -0.1) is 0 Å². The number of nitrogens with zero attached hydrogens (tertiary/aromatic N) is 6. The molecule has 5 rings (SSSR count). The molecule has 2 heterocycles. The third-order valence-electron chi connectivity index (χ3n) is 5.68. The second-order valence-electron chi connectivity index (χ2n) is 8.75. The zero-order chi connectivity index (χ0) is 29.5. The van der Waals surface area contributed by atoms with E-state index in [9.17, 15) is 8.42 Å². The van der Waals surface area contributed by atoms with E-state index in [1.54, 1.807) is 12.1 Å². The van der Waals surface area contributed by atoms with Gasteiger partial charge in [0.1, 0.15) is 6.10 Å². The quantitative estimate of drug-likeness (QED) is 0.136. The molecule has 3 aromatic rings. The van der Waals surface area contributed by atoms with Crippen molar-refractivity contribution in [2.45, 2.75) is 36.5 Å². The van der Waals surface area contributed by atoms with Crippen LogP contribution in [-0.2, 0) is 33.2 Å². The summed E-state index contributed by atoms with van der Waals surface area (Å²) in [5, 5.41) is 3.54. The topological polar surface area (TPSA) is 188 Å². The van der Waals surface area contributed by atoms with Gasteiger partial charge in [-0.1, -0.05) is 83.5 Å². The van der Waals surface area contributed by atoms with Crippen molar-refractivity contribution in [2.75, 3.05) is 26.4 Å². The third-order valence-corrected chi connectivity index (χ3v) is 7.05. The van der Waals surface area contributed by atoms with Crippen molar-refractivity contribution in [1.82, 2.24) is 0 Å². The van der Waals surface area contributed by atoms with Gasteiger partial charge in [0.15, 0.2) is 12.6 Å². The van der Waals surface area contributed by atoms with Gasteiger partial charge in [0.2, 0.25) is 0 Å². The molecule has 0 spiro atoms. The fraction of sp³-hybridized carbons (Fsp3) is 0.333. The Morgan fingerprint density at radius 2 is 1.17 bits per heavy atom. The van der Waals surface area contributed by atoms with Crippen LogP contribution in [0.1, 0.15) is 29.3 Å². The molecule has 2 aliphatic heterocycles. The molecule has 0 aliphatic carbocycles. The molecule has 0 saturated carbocycles. The molecule has 0 bridgehead atoms. The zero-order valence-electron chi connectivity index (χ0n) is 23.2. The van der Waals surface area contributed by atoms with Crippen LogP contribution in [0.4, 0.5) is 0 Å². The third kappa shape index (κ3) is 11.4. The Balaban J connectivity index is 0.000000281. The summed E-state index contributed by atoms with van der Waals surface area (Å²) in [7, 11) is -3.82. The summed E-state index contributed by atoms with van der Waals surface area (Å²) >= 11 is 0. The van der Waals surface area contributed by atoms with Crippen LogP contribution in [-0.4, -0.2) is 47.0 Å². The van der Waals surface area contributed by atoms with Crippen LogP contribution in [0.25, 0.3) is 26.4 Å². The number of hydrogen-bond donors (Lipinski definition) is 0. The van der Waals surface area contributed by atoms with Gasteiger partial charge in [0.05, 0.1) is 37.4 Å². The molecule has 13 nitrogen and oxygen atoms in total. The SMILES string of the molecule is Cc1ccc(S(=O)(=O)OC2COC(c3ccccc3)OC2)cc1.[N-]=[N+]=NC1COC(c2ccccc2)OC1.[N-]=[N+]=[N-].[Na+]. The molecule has 0 radical (unpaired) electrons. The van der Waals surface area contributed by atoms with Crippen molar-refractivity contribution in [3.8, 4) is 0 Å². The van der Waals surface area contributed by atoms with Gasteiger partial charge in [-0.3, -0.25) is 9.09 Å². The second-order valence-corrected chi connectivity index (χ2v) is 10.3. The molecule has 2 fully saturated rings. The Labute approximate surface area is 266 Å². The Kier molecular flexibility index (Phi) is 15.6. The van der Waals surface area contributed by atoms with E-state index in [2.05, 4.69) is 10.0 Å².